The van der Waals surface area contributed by atoms with Crippen LogP contribution in [-0.4, -0.2) is 38.7 Å². The minimum absolute atomic E-state index is 0.0145. The van der Waals surface area contributed by atoms with Gasteiger partial charge in [0, 0.05) is 13.0 Å². The lowest BCUT2D eigenvalue weighted by Gasteiger charge is -2.16. The molecule has 0 fully saturated rings. The van der Waals surface area contributed by atoms with Crippen molar-refractivity contribution in [1.29, 1.82) is 0 Å². The Morgan fingerprint density at radius 1 is 1.26 bits per heavy atom. The van der Waals surface area contributed by atoms with Gasteiger partial charge in [0.2, 0.25) is 5.91 Å². The van der Waals surface area contributed by atoms with Crippen LogP contribution in [0.15, 0.2) is 24.3 Å². The molecule has 19 heavy (non-hydrogen) atoms. The Hall–Kier alpha value is -2.24. The number of ether oxygens (including phenoxy) is 3. The first kappa shape index (κ1) is 14.8. The Morgan fingerprint density at radius 3 is 2.53 bits per heavy atom. The maximum atomic E-state index is 11.5. The number of nitrogens with one attached hydrogen (secondary N) is 1. The van der Waals surface area contributed by atoms with Crippen molar-refractivity contribution in [3.8, 4) is 11.5 Å². The van der Waals surface area contributed by atoms with Gasteiger partial charge in [0.1, 0.15) is 18.1 Å². The van der Waals surface area contributed by atoms with Crippen molar-refractivity contribution in [2.45, 2.75) is 13.0 Å². The quantitative estimate of drug-likeness (QED) is 0.770. The fourth-order valence-corrected chi connectivity index (χ4v) is 1.43. The largest absolute Gasteiger partial charge is 0.497 e. The topological polar surface area (TPSA) is 73.9 Å². The van der Waals surface area contributed by atoms with E-state index in [1.165, 1.54) is 14.0 Å². The zero-order valence-electron chi connectivity index (χ0n) is 11.1. The molecule has 0 aromatic heterocycles. The Morgan fingerprint density at radius 2 is 1.95 bits per heavy atom. The number of carbonyl (C=O) groups excluding carboxylic acids is 2. The highest BCUT2D eigenvalue weighted by Gasteiger charge is 2.20. The van der Waals surface area contributed by atoms with E-state index >= 15 is 0 Å². The van der Waals surface area contributed by atoms with Gasteiger partial charge in [-0.15, -0.1) is 0 Å². The summed E-state index contributed by atoms with van der Waals surface area (Å²) in [5.41, 5.74) is 0. The Bertz CT molecular complexity index is 446. The van der Waals surface area contributed by atoms with E-state index in [-0.39, 0.29) is 12.5 Å². The molecule has 1 N–H and O–H groups in total. The second-order valence-electron chi connectivity index (χ2n) is 3.77. The van der Waals surface area contributed by atoms with Crippen molar-refractivity contribution >= 4 is 11.9 Å². The van der Waals surface area contributed by atoms with Gasteiger partial charge in [0.15, 0.2) is 6.04 Å². The molecular formula is C13H17NO5. The molecule has 104 valence electrons. The molecule has 0 aliphatic carbocycles. The summed E-state index contributed by atoms with van der Waals surface area (Å²) in [6, 6.07) is 6.11. The van der Waals surface area contributed by atoms with Crippen LogP contribution in [0.2, 0.25) is 0 Å². The van der Waals surface area contributed by atoms with Crippen LogP contribution in [0.25, 0.3) is 0 Å². The molecule has 0 saturated carbocycles. The molecule has 1 aromatic rings. The average molecular weight is 267 g/mol. The summed E-state index contributed by atoms with van der Waals surface area (Å²) in [6.07, 6.45) is 0. The number of esters is 1. The summed E-state index contributed by atoms with van der Waals surface area (Å²) < 4.78 is 15.1. The van der Waals surface area contributed by atoms with Crippen molar-refractivity contribution < 1.29 is 23.8 Å². The molecule has 0 radical (unpaired) electrons. The van der Waals surface area contributed by atoms with Crippen LogP contribution < -0.4 is 14.8 Å². The lowest BCUT2D eigenvalue weighted by atomic mass is 10.3. The monoisotopic (exact) mass is 267 g/mol. The van der Waals surface area contributed by atoms with E-state index in [9.17, 15) is 9.59 Å². The minimum atomic E-state index is -0.839. The van der Waals surface area contributed by atoms with Gasteiger partial charge in [0.25, 0.3) is 0 Å². The van der Waals surface area contributed by atoms with Crippen LogP contribution in [0.1, 0.15) is 6.92 Å². The molecule has 0 heterocycles. The third-order valence-electron chi connectivity index (χ3n) is 2.32. The van der Waals surface area contributed by atoms with Crippen LogP contribution in [0, 0.1) is 0 Å². The van der Waals surface area contributed by atoms with E-state index in [2.05, 4.69) is 10.1 Å². The maximum Gasteiger partial charge on any atom is 0.331 e. The Balaban J connectivity index is 2.64. The SMILES string of the molecule is COC(=O)C(COc1cccc(OC)c1)NC(C)=O. The zero-order valence-corrected chi connectivity index (χ0v) is 11.1. The summed E-state index contributed by atoms with van der Waals surface area (Å²) in [4.78, 5) is 22.4. The van der Waals surface area contributed by atoms with Crippen molar-refractivity contribution in [1.82, 2.24) is 5.32 Å². The molecular weight excluding hydrogens is 250 g/mol. The van der Waals surface area contributed by atoms with E-state index < -0.39 is 12.0 Å². The van der Waals surface area contributed by atoms with Gasteiger partial charge in [-0.25, -0.2) is 4.79 Å². The van der Waals surface area contributed by atoms with Gasteiger partial charge >= 0.3 is 5.97 Å². The molecule has 0 spiro atoms. The number of carbonyl (C=O) groups is 2. The van der Waals surface area contributed by atoms with Crippen LogP contribution >= 0.6 is 0 Å². The standard InChI is InChI=1S/C13H17NO5/c1-9(15)14-12(13(16)18-3)8-19-11-6-4-5-10(7-11)17-2/h4-7,12H,8H2,1-3H3,(H,14,15). The number of amides is 1. The van der Waals surface area contributed by atoms with Gasteiger partial charge in [-0.2, -0.15) is 0 Å². The summed E-state index contributed by atoms with van der Waals surface area (Å²) in [6.45, 7) is 1.31. The number of methoxy groups -OCH3 is 2. The van der Waals surface area contributed by atoms with E-state index in [0.717, 1.165) is 0 Å². The smallest absolute Gasteiger partial charge is 0.331 e. The fourth-order valence-electron chi connectivity index (χ4n) is 1.43. The number of hydrogen-bond acceptors (Lipinski definition) is 5. The van der Waals surface area contributed by atoms with Crippen LogP contribution in [0.3, 0.4) is 0 Å². The van der Waals surface area contributed by atoms with Crippen LogP contribution in [0.4, 0.5) is 0 Å². The van der Waals surface area contributed by atoms with Crippen molar-refractivity contribution in [2.75, 3.05) is 20.8 Å². The highest BCUT2D eigenvalue weighted by molar-refractivity contribution is 5.83. The Kier molecular flexibility index (Phi) is 5.66. The predicted molar refractivity (Wildman–Crippen MR) is 68.1 cm³/mol. The van der Waals surface area contributed by atoms with Crippen molar-refractivity contribution in [2.24, 2.45) is 0 Å². The summed E-state index contributed by atoms with van der Waals surface area (Å²) >= 11 is 0. The van der Waals surface area contributed by atoms with Gasteiger partial charge < -0.3 is 19.5 Å². The molecule has 0 bridgehead atoms. The van der Waals surface area contributed by atoms with E-state index in [1.807, 2.05) is 0 Å². The highest BCUT2D eigenvalue weighted by Crippen LogP contribution is 2.18. The lowest BCUT2D eigenvalue weighted by molar-refractivity contribution is -0.145. The molecule has 6 nitrogen and oxygen atoms in total. The fraction of sp³-hybridized carbons (Fsp3) is 0.385. The predicted octanol–water partition coefficient (Wildman–Crippen LogP) is 0.752. The van der Waals surface area contributed by atoms with Crippen LogP contribution in [0.5, 0.6) is 11.5 Å². The second-order valence-corrected chi connectivity index (χ2v) is 3.77. The second kappa shape index (κ2) is 7.25. The normalized spacial score (nSPS) is 11.3. The molecule has 1 rings (SSSR count). The third kappa shape index (κ3) is 4.87. The van der Waals surface area contributed by atoms with Crippen molar-refractivity contribution in [3.05, 3.63) is 24.3 Å². The maximum absolute atomic E-state index is 11.5. The van der Waals surface area contributed by atoms with Crippen LogP contribution in [-0.2, 0) is 14.3 Å². The number of hydrogen-bond donors (Lipinski definition) is 1. The van der Waals surface area contributed by atoms with Gasteiger partial charge in [-0.3, -0.25) is 4.79 Å². The first-order chi connectivity index (χ1) is 9.06. The molecule has 1 unspecified atom stereocenters. The first-order valence-corrected chi connectivity index (χ1v) is 5.68. The van der Waals surface area contributed by atoms with E-state index in [1.54, 1.807) is 31.4 Å². The number of rotatable bonds is 6. The average Bonchev–Trinajstić information content (AvgIpc) is 2.42. The first-order valence-electron chi connectivity index (χ1n) is 5.68. The van der Waals surface area contributed by atoms with Gasteiger partial charge in [0.05, 0.1) is 14.2 Å². The zero-order chi connectivity index (χ0) is 14.3. The molecule has 0 aliphatic heterocycles. The van der Waals surface area contributed by atoms with Crippen molar-refractivity contribution in [3.63, 3.8) is 0 Å². The molecule has 0 saturated heterocycles. The number of benzene rings is 1. The lowest BCUT2D eigenvalue weighted by Crippen LogP contribution is -2.44. The molecule has 1 aromatic carbocycles. The van der Waals surface area contributed by atoms with Gasteiger partial charge in [-0.1, -0.05) is 6.07 Å². The third-order valence-corrected chi connectivity index (χ3v) is 2.32. The minimum Gasteiger partial charge on any atom is -0.497 e. The molecule has 1 atom stereocenters. The van der Waals surface area contributed by atoms with E-state index in [0.29, 0.717) is 11.5 Å². The molecule has 0 aliphatic rings. The molecule has 6 heteroatoms. The summed E-state index contributed by atoms with van der Waals surface area (Å²) in [5, 5.41) is 2.46. The Labute approximate surface area is 111 Å². The van der Waals surface area contributed by atoms with Gasteiger partial charge in [-0.05, 0) is 12.1 Å². The highest BCUT2D eigenvalue weighted by atomic mass is 16.5. The molecule has 1 amide bonds. The van der Waals surface area contributed by atoms with E-state index in [4.69, 9.17) is 9.47 Å². The summed E-state index contributed by atoms with van der Waals surface area (Å²) in [7, 11) is 2.80. The summed E-state index contributed by atoms with van der Waals surface area (Å²) in [5.74, 6) is 0.299.